The molecule has 0 fully saturated rings. The fourth-order valence-electron chi connectivity index (χ4n) is 4.57. The van der Waals surface area contributed by atoms with Crippen LogP contribution in [-0.2, 0) is 32.6 Å². The summed E-state index contributed by atoms with van der Waals surface area (Å²) < 4.78 is 40.4. The van der Waals surface area contributed by atoms with Crippen LogP contribution in [0.3, 0.4) is 0 Å². The Morgan fingerprint density at radius 2 is 1.60 bits per heavy atom. The van der Waals surface area contributed by atoms with Crippen molar-refractivity contribution < 1.29 is 27.2 Å². The van der Waals surface area contributed by atoms with E-state index in [1.54, 1.807) is 6.07 Å². The molecular weight excluding hydrogens is 533 g/mol. The van der Waals surface area contributed by atoms with Crippen molar-refractivity contribution in [3.63, 3.8) is 0 Å². The molecule has 0 spiro atoms. The van der Waals surface area contributed by atoms with Crippen molar-refractivity contribution in [2.45, 2.75) is 56.6 Å². The smallest absolute Gasteiger partial charge is 0.269 e. The van der Waals surface area contributed by atoms with Crippen LogP contribution in [0.1, 0.15) is 48.2 Å². The average molecular weight is 566 g/mol. The molecule has 0 unspecified atom stereocenters. The molecule has 3 aromatic rings. The molecule has 3 aromatic carbocycles. The van der Waals surface area contributed by atoms with E-state index in [4.69, 9.17) is 0 Å². The van der Waals surface area contributed by atoms with E-state index in [0.717, 1.165) is 5.56 Å². The van der Waals surface area contributed by atoms with Crippen LogP contribution >= 0.6 is 0 Å². The summed E-state index contributed by atoms with van der Waals surface area (Å²) in [6.45, 7) is 3.42. The van der Waals surface area contributed by atoms with Gasteiger partial charge in [0.15, 0.2) is 0 Å². The molecule has 1 aliphatic rings. The summed E-state index contributed by atoms with van der Waals surface area (Å²) in [4.78, 5) is 41.5. The van der Waals surface area contributed by atoms with Crippen LogP contribution in [0.15, 0.2) is 83.8 Å². The molecule has 1 aliphatic heterocycles. The topological polar surface area (TPSA) is 104 Å². The van der Waals surface area contributed by atoms with E-state index in [9.17, 15) is 27.2 Å². The Bertz CT molecular complexity index is 1480. The number of nitrogens with zero attached hydrogens (tertiary/aromatic N) is 2. The largest absolute Gasteiger partial charge is 0.352 e. The molecule has 0 aromatic heterocycles. The Labute approximate surface area is 233 Å². The van der Waals surface area contributed by atoms with Gasteiger partial charge in [0.05, 0.1) is 5.56 Å². The van der Waals surface area contributed by atoms with Crippen molar-refractivity contribution in [1.29, 1.82) is 0 Å². The van der Waals surface area contributed by atoms with Gasteiger partial charge in [-0.1, -0.05) is 61.5 Å². The highest BCUT2D eigenvalue weighted by molar-refractivity contribution is 7.90. The maximum absolute atomic E-state index is 13.8. The van der Waals surface area contributed by atoms with Crippen molar-refractivity contribution in [2.24, 2.45) is 0 Å². The number of hydrogen-bond donors (Lipinski definition) is 1. The summed E-state index contributed by atoms with van der Waals surface area (Å²) >= 11 is 0. The van der Waals surface area contributed by atoms with Crippen LogP contribution in [0, 0.1) is 5.82 Å². The summed E-state index contributed by atoms with van der Waals surface area (Å²) in [6, 6.07) is 19.7. The minimum atomic E-state index is -4.09. The number of carbonyl (C=O) groups is 3. The molecule has 2 atom stereocenters. The molecule has 1 N–H and O–H groups in total. The van der Waals surface area contributed by atoms with Gasteiger partial charge in [0.25, 0.3) is 15.9 Å². The van der Waals surface area contributed by atoms with Gasteiger partial charge in [-0.15, -0.1) is 0 Å². The first-order chi connectivity index (χ1) is 19.1. The fourth-order valence-corrected chi connectivity index (χ4v) is 6.14. The van der Waals surface area contributed by atoms with Crippen LogP contribution in [0.2, 0.25) is 0 Å². The van der Waals surface area contributed by atoms with Crippen molar-refractivity contribution in [1.82, 2.24) is 14.5 Å². The predicted molar refractivity (Wildman–Crippen MR) is 148 cm³/mol. The Morgan fingerprint density at radius 1 is 0.950 bits per heavy atom. The van der Waals surface area contributed by atoms with E-state index < -0.39 is 33.7 Å². The number of halogens is 1. The van der Waals surface area contributed by atoms with Gasteiger partial charge in [0, 0.05) is 32.0 Å². The third-order valence-corrected chi connectivity index (χ3v) is 8.82. The highest BCUT2D eigenvalue weighted by Gasteiger charge is 2.41. The number of sulfonamides is 1. The Morgan fingerprint density at radius 3 is 2.25 bits per heavy atom. The number of fused-ring (bicyclic) bond motifs is 1. The number of hydrogen-bond acceptors (Lipinski definition) is 5. The van der Waals surface area contributed by atoms with Crippen molar-refractivity contribution >= 4 is 27.7 Å². The van der Waals surface area contributed by atoms with Crippen LogP contribution in [0.25, 0.3) is 0 Å². The molecule has 0 saturated carbocycles. The highest BCUT2D eigenvalue weighted by Crippen LogP contribution is 2.30. The molecule has 0 radical (unpaired) electrons. The van der Waals surface area contributed by atoms with Gasteiger partial charge < -0.3 is 10.2 Å². The lowest BCUT2D eigenvalue weighted by molar-refractivity contribution is -0.141. The van der Waals surface area contributed by atoms with Gasteiger partial charge in [0.2, 0.25) is 11.8 Å². The molecule has 10 heteroatoms. The van der Waals surface area contributed by atoms with E-state index in [0.29, 0.717) is 16.3 Å². The molecular formula is C30H32FN3O5S. The molecule has 210 valence electrons. The number of rotatable bonds is 11. The summed E-state index contributed by atoms with van der Waals surface area (Å²) in [6.07, 6.45) is 0.565. The van der Waals surface area contributed by atoms with Crippen LogP contribution < -0.4 is 5.32 Å². The van der Waals surface area contributed by atoms with E-state index >= 15 is 0 Å². The average Bonchev–Trinajstić information content (AvgIpc) is 3.15. The van der Waals surface area contributed by atoms with Crippen LogP contribution in [-0.4, -0.2) is 54.0 Å². The molecule has 40 heavy (non-hydrogen) atoms. The first-order valence-electron chi connectivity index (χ1n) is 13.2. The maximum atomic E-state index is 13.8. The Kier molecular flexibility index (Phi) is 8.99. The lowest BCUT2D eigenvalue weighted by Gasteiger charge is -2.32. The zero-order valence-corrected chi connectivity index (χ0v) is 23.2. The molecule has 4 rings (SSSR count). The quantitative estimate of drug-likeness (QED) is 0.380. The fraction of sp³-hybridized carbons (Fsp3) is 0.300. The van der Waals surface area contributed by atoms with Crippen LogP contribution in [0.4, 0.5) is 4.39 Å². The zero-order chi connectivity index (χ0) is 28.9. The lowest BCUT2D eigenvalue weighted by atomic mass is 10.0. The zero-order valence-electron chi connectivity index (χ0n) is 22.4. The van der Waals surface area contributed by atoms with Gasteiger partial charge in [-0.2, -0.15) is 0 Å². The van der Waals surface area contributed by atoms with Gasteiger partial charge in [-0.3, -0.25) is 14.4 Å². The normalized spacial score (nSPS) is 15.3. The first-order valence-corrected chi connectivity index (χ1v) is 14.6. The van der Waals surface area contributed by atoms with Crippen molar-refractivity contribution in [3.05, 3.63) is 101 Å². The first kappa shape index (κ1) is 28.9. The molecule has 8 nitrogen and oxygen atoms in total. The monoisotopic (exact) mass is 565 g/mol. The van der Waals surface area contributed by atoms with Crippen molar-refractivity contribution in [3.8, 4) is 0 Å². The lowest BCUT2D eigenvalue weighted by Crippen LogP contribution is -2.52. The summed E-state index contributed by atoms with van der Waals surface area (Å²) in [5, 5.41) is 2.96. The molecule has 0 aliphatic carbocycles. The third-order valence-electron chi connectivity index (χ3n) is 6.98. The van der Waals surface area contributed by atoms with Gasteiger partial charge in [0.1, 0.15) is 16.8 Å². The Balaban J connectivity index is 1.64. The predicted octanol–water partition coefficient (Wildman–Crippen LogP) is 3.92. The summed E-state index contributed by atoms with van der Waals surface area (Å²) in [7, 11) is -4.09. The maximum Gasteiger partial charge on any atom is 0.269 e. The van der Waals surface area contributed by atoms with E-state index in [1.165, 1.54) is 47.4 Å². The molecule has 1 heterocycles. The van der Waals surface area contributed by atoms with E-state index in [1.807, 2.05) is 44.2 Å². The standard InChI is InChI=1S/C30H32FN3O5S/c1-3-21(2)32-29(36)26(19-22-9-5-4-6-10-22)33(20-23-13-15-24(31)16-14-23)28(35)17-18-34-30(37)25-11-7-8-12-27(25)40(34,38)39/h4-16,21,26H,3,17-20H2,1-2H3,(H,32,36)/t21-,26+/m0/s1. The molecule has 0 bridgehead atoms. The number of benzene rings is 3. The summed E-state index contributed by atoms with van der Waals surface area (Å²) in [5.74, 6) is -1.99. The Hall–Kier alpha value is -4.05. The van der Waals surface area contributed by atoms with Crippen molar-refractivity contribution in [2.75, 3.05) is 6.54 Å². The minimum Gasteiger partial charge on any atom is -0.352 e. The number of amides is 3. The van der Waals surface area contributed by atoms with Crippen LogP contribution in [0.5, 0.6) is 0 Å². The van der Waals surface area contributed by atoms with E-state index in [-0.39, 0.29) is 48.3 Å². The third kappa shape index (κ3) is 6.39. The van der Waals surface area contributed by atoms with E-state index in [2.05, 4.69) is 5.32 Å². The SMILES string of the molecule is CC[C@H](C)NC(=O)[C@@H](Cc1ccccc1)N(Cc1ccc(F)cc1)C(=O)CCN1C(=O)c2ccccc2S1(=O)=O. The second-order valence-electron chi connectivity index (χ2n) is 9.80. The summed E-state index contributed by atoms with van der Waals surface area (Å²) in [5.41, 5.74) is 1.49. The van der Waals surface area contributed by atoms with Gasteiger partial charge in [-0.25, -0.2) is 17.1 Å². The highest BCUT2D eigenvalue weighted by atomic mass is 32.2. The van der Waals surface area contributed by atoms with Gasteiger partial charge >= 0.3 is 0 Å². The van der Waals surface area contributed by atoms with Gasteiger partial charge in [-0.05, 0) is 48.7 Å². The number of nitrogens with one attached hydrogen (secondary N) is 1. The molecule has 0 saturated heterocycles. The second-order valence-corrected chi connectivity index (χ2v) is 11.6. The number of carbonyl (C=O) groups excluding carboxylic acids is 3. The minimum absolute atomic E-state index is 0.00847. The second kappa shape index (κ2) is 12.4. The molecule has 3 amide bonds.